The average Bonchev–Trinajstić information content (AvgIpc) is 3.12. The fourth-order valence-electron chi connectivity index (χ4n) is 3.66. The Kier molecular flexibility index (Phi) is 4.97. The zero-order valence-electron chi connectivity index (χ0n) is 15.0. The lowest BCUT2D eigenvalue weighted by Gasteiger charge is -2.34. The zero-order chi connectivity index (χ0) is 18.0. The van der Waals surface area contributed by atoms with Crippen LogP contribution in [0.4, 0.5) is 0 Å². The largest absolute Gasteiger partial charge is 0.367 e. The van der Waals surface area contributed by atoms with Crippen molar-refractivity contribution in [3.63, 3.8) is 0 Å². The Labute approximate surface area is 148 Å². The molecule has 0 aliphatic carbocycles. The molecule has 1 aromatic carbocycles. The molecule has 0 radical (unpaired) electrons. The number of carbonyl (C=O) groups is 1. The summed E-state index contributed by atoms with van der Waals surface area (Å²) in [5, 5.41) is 0. The first-order valence-corrected chi connectivity index (χ1v) is 8.76. The van der Waals surface area contributed by atoms with E-state index in [0.717, 1.165) is 24.0 Å². The molecule has 3 rings (SSSR count). The van der Waals surface area contributed by atoms with Gasteiger partial charge >= 0.3 is 0 Å². The van der Waals surface area contributed by atoms with Crippen molar-refractivity contribution in [3.8, 4) is 0 Å². The first-order valence-electron chi connectivity index (χ1n) is 8.76. The second-order valence-electron chi connectivity index (χ2n) is 6.88. The number of nitrogens with zero attached hydrogens (tertiary/aromatic N) is 1. The molecule has 5 nitrogen and oxygen atoms in total. The molecule has 5 heteroatoms. The molecular weight excluding hydrogens is 316 g/mol. The maximum atomic E-state index is 11.1. The highest BCUT2D eigenvalue weighted by molar-refractivity contribution is 5.72. The summed E-state index contributed by atoms with van der Waals surface area (Å²) in [6, 6.07) is 13.7. The summed E-state index contributed by atoms with van der Waals surface area (Å²) in [6.45, 7) is 6.85. The number of nitrogen functional groups attached to an aromatic ring is 1. The standard InChI is InChI=1S/C20H26N2O3/c1-4-18-14(2)20(3,24-13-15-8-6-5-7-9-15)19(25-18)17-11-10-16(12-23)22(17)21/h5-12,14,18-19H,4,13,21H2,1-3H3/t14-,18-,19+,20-/m1/s1. The van der Waals surface area contributed by atoms with E-state index in [1.165, 1.54) is 4.68 Å². The fourth-order valence-corrected chi connectivity index (χ4v) is 3.66. The van der Waals surface area contributed by atoms with E-state index in [1.54, 1.807) is 6.07 Å². The smallest absolute Gasteiger partial charge is 0.168 e. The second-order valence-corrected chi connectivity index (χ2v) is 6.88. The minimum absolute atomic E-state index is 0.0837. The quantitative estimate of drug-likeness (QED) is 0.645. The minimum atomic E-state index is -0.536. The van der Waals surface area contributed by atoms with Crippen molar-refractivity contribution in [1.29, 1.82) is 0 Å². The van der Waals surface area contributed by atoms with E-state index in [2.05, 4.69) is 20.8 Å². The lowest BCUT2D eigenvalue weighted by atomic mass is 9.83. The van der Waals surface area contributed by atoms with Crippen molar-refractivity contribution in [2.45, 2.75) is 51.6 Å². The number of nitrogens with two attached hydrogens (primary N) is 1. The number of hydrogen-bond donors (Lipinski definition) is 1. The Balaban J connectivity index is 1.91. The zero-order valence-corrected chi connectivity index (χ0v) is 15.0. The van der Waals surface area contributed by atoms with E-state index in [-0.39, 0.29) is 18.1 Å². The van der Waals surface area contributed by atoms with Crippen LogP contribution in [-0.2, 0) is 16.1 Å². The van der Waals surface area contributed by atoms with E-state index in [0.29, 0.717) is 12.3 Å². The molecule has 1 aliphatic heterocycles. The Morgan fingerprint density at radius 3 is 2.60 bits per heavy atom. The van der Waals surface area contributed by atoms with Gasteiger partial charge in [0.15, 0.2) is 6.29 Å². The first kappa shape index (κ1) is 17.7. The summed E-state index contributed by atoms with van der Waals surface area (Å²) in [5.74, 6) is 6.30. The number of aldehydes is 1. The van der Waals surface area contributed by atoms with Gasteiger partial charge in [-0.15, -0.1) is 0 Å². The van der Waals surface area contributed by atoms with Crippen LogP contribution >= 0.6 is 0 Å². The van der Waals surface area contributed by atoms with Gasteiger partial charge in [0.25, 0.3) is 0 Å². The summed E-state index contributed by atoms with van der Waals surface area (Å²) in [7, 11) is 0. The molecule has 0 spiro atoms. The van der Waals surface area contributed by atoms with Crippen molar-refractivity contribution < 1.29 is 14.3 Å². The highest BCUT2D eigenvalue weighted by atomic mass is 16.6. The molecule has 0 unspecified atom stereocenters. The van der Waals surface area contributed by atoms with E-state index in [9.17, 15) is 4.79 Å². The second kappa shape index (κ2) is 7.02. The van der Waals surface area contributed by atoms with E-state index in [1.807, 2.05) is 36.4 Å². The third-order valence-corrected chi connectivity index (χ3v) is 5.46. The number of hydrogen-bond acceptors (Lipinski definition) is 4. The Bertz CT molecular complexity index is 728. The van der Waals surface area contributed by atoms with Gasteiger partial charge in [-0.2, -0.15) is 0 Å². The van der Waals surface area contributed by atoms with Crippen LogP contribution in [0.25, 0.3) is 0 Å². The van der Waals surface area contributed by atoms with Gasteiger partial charge in [0.1, 0.15) is 17.4 Å². The SMILES string of the molecule is CC[C@H]1O[C@@H](c2ccc(C=O)n2N)[C@](C)(OCc2ccccc2)[C@@H]1C. The first-order chi connectivity index (χ1) is 12.0. The average molecular weight is 342 g/mol. The molecule has 2 aromatic rings. The summed E-state index contributed by atoms with van der Waals surface area (Å²) >= 11 is 0. The molecule has 1 aromatic heterocycles. The van der Waals surface area contributed by atoms with Gasteiger partial charge in [0.2, 0.25) is 0 Å². The third-order valence-electron chi connectivity index (χ3n) is 5.46. The number of rotatable bonds is 6. The molecule has 0 bridgehead atoms. The molecule has 1 aliphatic rings. The van der Waals surface area contributed by atoms with Gasteiger partial charge in [0, 0.05) is 5.92 Å². The van der Waals surface area contributed by atoms with E-state index < -0.39 is 5.60 Å². The van der Waals surface area contributed by atoms with Gasteiger partial charge in [0.05, 0.1) is 18.4 Å². The van der Waals surface area contributed by atoms with Crippen molar-refractivity contribution in [3.05, 3.63) is 59.4 Å². The Morgan fingerprint density at radius 1 is 1.28 bits per heavy atom. The maximum absolute atomic E-state index is 11.1. The van der Waals surface area contributed by atoms with Gasteiger partial charge in [-0.25, -0.2) is 0 Å². The molecule has 25 heavy (non-hydrogen) atoms. The van der Waals surface area contributed by atoms with E-state index in [4.69, 9.17) is 15.3 Å². The molecule has 2 N–H and O–H groups in total. The summed E-state index contributed by atoms with van der Waals surface area (Å²) in [5.41, 5.74) is 1.77. The van der Waals surface area contributed by atoms with Crippen LogP contribution in [0.2, 0.25) is 0 Å². The number of ether oxygens (including phenoxy) is 2. The fraction of sp³-hybridized carbons (Fsp3) is 0.450. The van der Waals surface area contributed by atoms with Gasteiger partial charge in [-0.3, -0.25) is 9.47 Å². The van der Waals surface area contributed by atoms with Crippen LogP contribution in [0.3, 0.4) is 0 Å². The van der Waals surface area contributed by atoms with Crippen LogP contribution in [0, 0.1) is 5.92 Å². The topological polar surface area (TPSA) is 66.5 Å². The van der Waals surface area contributed by atoms with Crippen molar-refractivity contribution in [2.75, 3.05) is 5.84 Å². The number of aromatic nitrogens is 1. The van der Waals surface area contributed by atoms with Crippen LogP contribution in [-0.4, -0.2) is 22.7 Å². The van der Waals surface area contributed by atoms with Crippen molar-refractivity contribution >= 4 is 6.29 Å². The van der Waals surface area contributed by atoms with E-state index >= 15 is 0 Å². The molecule has 0 saturated carbocycles. The highest BCUT2D eigenvalue weighted by Gasteiger charge is 2.53. The van der Waals surface area contributed by atoms with Gasteiger partial charge in [-0.1, -0.05) is 44.2 Å². The molecule has 2 heterocycles. The van der Waals surface area contributed by atoms with Crippen LogP contribution in [0.15, 0.2) is 42.5 Å². The number of benzene rings is 1. The molecular formula is C20H26N2O3. The monoisotopic (exact) mass is 342 g/mol. The predicted octanol–water partition coefficient (Wildman–Crippen LogP) is 3.48. The molecule has 4 atom stereocenters. The summed E-state index contributed by atoms with van der Waals surface area (Å²) < 4.78 is 14.1. The number of carbonyl (C=O) groups excluding carboxylic acids is 1. The lowest BCUT2D eigenvalue weighted by molar-refractivity contribution is -0.107. The molecule has 1 saturated heterocycles. The lowest BCUT2D eigenvalue weighted by Crippen LogP contribution is -2.40. The Morgan fingerprint density at radius 2 is 2.00 bits per heavy atom. The Hall–Kier alpha value is -2.11. The van der Waals surface area contributed by atoms with Gasteiger partial charge in [-0.05, 0) is 31.0 Å². The third kappa shape index (κ3) is 3.10. The minimum Gasteiger partial charge on any atom is -0.367 e. The molecule has 1 fully saturated rings. The van der Waals surface area contributed by atoms with Crippen LogP contribution in [0.5, 0.6) is 0 Å². The van der Waals surface area contributed by atoms with Gasteiger partial charge < -0.3 is 15.3 Å². The predicted molar refractivity (Wildman–Crippen MR) is 96.7 cm³/mol. The maximum Gasteiger partial charge on any atom is 0.168 e. The summed E-state index contributed by atoms with van der Waals surface area (Å²) in [6.07, 6.45) is 1.41. The molecule has 0 amide bonds. The molecule has 134 valence electrons. The highest BCUT2D eigenvalue weighted by Crippen LogP contribution is 2.48. The van der Waals surface area contributed by atoms with Crippen LogP contribution < -0.4 is 5.84 Å². The van der Waals surface area contributed by atoms with Crippen molar-refractivity contribution in [2.24, 2.45) is 5.92 Å². The van der Waals surface area contributed by atoms with Crippen LogP contribution in [0.1, 0.15) is 55.0 Å². The normalized spacial score (nSPS) is 29.0. The summed E-state index contributed by atoms with van der Waals surface area (Å²) in [4.78, 5) is 11.1. The van der Waals surface area contributed by atoms with Crippen molar-refractivity contribution in [1.82, 2.24) is 4.68 Å².